The van der Waals surface area contributed by atoms with Crippen molar-refractivity contribution in [1.82, 2.24) is 9.80 Å². The Morgan fingerprint density at radius 2 is 1.65 bits per heavy atom. The number of benzene rings is 1. The highest BCUT2D eigenvalue weighted by molar-refractivity contribution is 5.75. The van der Waals surface area contributed by atoms with Crippen LogP contribution in [0, 0.1) is 0 Å². The van der Waals surface area contributed by atoms with Crippen LogP contribution in [0.1, 0.15) is 31.7 Å². The lowest BCUT2D eigenvalue weighted by molar-refractivity contribution is -0.117. The largest absolute Gasteiger partial charge is 0.301 e. The average Bonchev–Trinajstić information content (AvgIpc) is 2.46. The second kappa shape index (κ2) is 8.18. The molecule has 1 aliphatic rings. The molecule has 0 radical (unpaired) electrons. The van der Waals surface area contributed by atoms with E-state index in [2.05, 4.69) is 40.1 Å². The Morgan fingerprint density at radius 3 is 2.30 bits per heavy atom. The van der Waals surface area contributed by atoms with Crippen molar-refractivity contribution >= 4 is 5.78 Å². The van der Waals surface area contributed by atoms with Crippen LogP contribution in [0.4, 0.5) is 0 Å². The quantitative estimate of drug-likeness (QED) is 0.714. The normalized spacial score (nSPS) is 17.2. The maximum atomic E-state index is 10.9. The van der Waals surface area contributed by atoms with E-state index in [1.54, 1.807) is 6.92 Å². The first-order chi connectivity index (χ1) is 9.74. The highest BCUT2D eigenvalue weighted by atomic mass is 16.1. The monoisotopic (exact) mass is 274 g/mol. The van der Waals surface area contributed by atoms with Crippen molar-refractivity contribution in [3.05, 3.63) is 35.9 Å². The summed E-state index contributed by atoms with van der Waals surface area (Å²) in [5.74, 6) is 0.317. The number of nitrogens with zero attached hydrogens (tertiary/aromatic N) is 2. The first-order valence-electron chi connectivity index (χ1n) is 7.72. The van der Waals surface area contributed by atoms with Crippen molar-refractivity contribution < 1.29 is 4.79 Å². The molecule has 0 spiro atoms. The summed E-state index contributed by atoms with van der Waals surface area (Å²) >= 11 is 0. The highest BCUT2D eigenvalue weighted by Crippen LogP contribution is 2.09. The van der Waals surface area contributed by atoms with E-state index >= 15 is 0 Å². The molecule has 1 aromatic carbocycles. The Labute approximate surface area is 122 Å². The molecular weight excluding hydrogens is 248 g/mol. The number of rotatable bonds is 7. The third kappa shape index (κ3) is 5.43. The Morgan fingerprint density at radius 1 is 1.00 bits per heavy atom. The molecule has 1 heterocycles. The molecule has 0 amide bonds. The summed E-state index contributed by atoms with van der Waals surface area (Å²) in [6, 6.07) is 10.7. The van der Waals surface area contributed by atoms with E-state index in [-0.39, 0.29) is 0 Å². The van der Waals surface area contributed by atoms with Crippen LogP contribution in [0.3, 0.4) is 0 Å². The van der Waals surface area contributed by atoms with Crippen LogP contribution in [0.15, 0.2) is 30.3 Å². The molecule has 3 heteroatoms. The predicted molar refractivity (Wildman–Crippen MR) is 82.7 cm³/mol. The summed E-state index contributed by atoms with van der Waals surface area (Å²) in [6.07, 6.45) is 2.94. The molecule has 3 nitrogen and oxygen atoms in total. The molecule has 0 saturated carbocycles. The maximum Gasteiger partial charge on any atom is 0.129 e. The summed E-state index contributed by atoms with van der Waals surface area (Å²) in [5.41, 5.74) is 1.41. The van der Waals surface area contributed by atoms with E-state index in [1.807, 2.05) is 0 Å². The zero-order valence-electron chi connectivity index (χ0n) is 12.6. The second-order valence-corrected chi connectivity index (χ2v) is 5.76. The van der Waals surface area contributed by atoms with Crippen LogP contribution in [0.2, 0.25) is 0 Å². The molecular formula is C17H26N2O. The van der Waals surface area contributed by atoms with E-state index in [1.165, 1.54) is 5.56 Å². The number of carbonyl (C=O) groups is 1. The van der Waals surface area contributed by atoms with Crippen LogP contribution >= 0.6 is 0 Å². The van der Waals surface area contributed by atoms with Gasteiger partial charge in [0.15, 0.2) is 0 Å². The summed E-state index contributed by atoms with van der Waals surface area (Å²) < 4.78 is 0. The molecule has 1 saturated heterocycles. The van der Waals surface area contributed by atoms with Crippen molar-refractivity contribution in [1.29, 1.82) is 0 Å². The topological polar surface area (TPSA) is 23.6 Å². The van der Waals surface area contributed by atoms with Crippen LogP contribution < -0.4 is 0 Å². The van der Waals surface area contributed by atoms with Gasteiger partial charge >= 0.3 is 0 Å². The highest BCUT2D eigenvalue weighted by Gasteiger charge is 2.16. The van der Waals surface area contributed by atoms with Crippen LogP contribution in [-0.4, -0.2) is 48.3 Å². The number of unbranched alkanes of at least 4 members (excludes halogenated alkanes) is 1. The van der Waals surface area contributed by atoms with Gasteiger partial charge in [-0.1, -0.05) is 30.3 Å². The van der Waals surface area contributed by atoms with Gasteiger partial charge in [-0.3, -0.25) is 4.90 Å². The fourth-order valence-electron chi connectivity index (χ4n) is 2.72. The second-order valence-electron chi connectivity index (χ2n) is 5.76. The van der Waals surface area contributed by atoms with Crippen molar-refractivity contribution in [2.75, 3.05) is 32.7 Å². The Hall–Kier alpha value is -1.19. The van der Waals surface area contributed by atoms with Gasteiger partial charge in [-0.05, 0) is 31.9 Å². The zero-order chi connectivity index (χ0) is 14.2. The molecule has 1 aromatic rings. The predicted octanol–water partition coefficient (Wildman–Crippen LogP) is 2.56. The van der Waals surface area contributed by atoms with Gasteiger partial charge in [0, 0.05) is 39.1 Å². The van der Waals surface area contributed by atoms with Gasteiger partial charge in [0.05, 0.1) is 0 Å². The van der Waals surface area contributed by atoms with Crippen LogP contribution in [0.5, 0.6) is 0 Å². The molecule has 0 aliphatic carbocycles. The standard InChI is InChI=1S/C17H26N2O/c1-16(20)7-5-6-10-18-11-13-19(14-12-18)15-17-8-3-2-4-9-17/h2-4,8-9H,5-7,10-15H2,1H3. The number of hydrogen-bond acceptors (Lipinski definition) is 3. The summed E-state index contributed by atoms with van der Waals surface area (Å²) in [5, 5.41) is 0. The molecule has 2 rings (SSSR count). The van der Waals surface area contributed by atoms with E-state index < -0.39 is 0 Å². The molecule has 0 N–H and O–H groups in total. The number of carbonyl (C=O) groups excluding carboxylic acids is 1. The first kappa shape index (κ1) is 15.2. The third-order valence-corrected chi connectivity index (χ3v) is 3.97. The van der Waals surface area contributed by atoms with Crippen molar-refractivity contribution in [3.8, 4) is 0 Å². The van der Waals surface area contributed by atoms with Gasteiger partial charge in [0.2, 0.25) is 0 Å². The Balaban J connectivity index is 1.61. The molecule has 1 fully saturated rings. The van der Waals surface area contributed by atoms with E-state index in [9.17, 15) is 4.79 Å². The van der Waals surface area contributed by atoms with Crippen LogP contribution in [-0.2, 0) is 11.3 Å². The summed E-state index contributed by atoms with van der Waals surface area (Å²) in [6.45, 7) is 8.52. The third-order valence-electron chi connectivity index (χ3n) is 3.97. The fourth-order valence-corrected chi connectivity index (χ4v) is 2.72. The minimum Gasteiger partial charge on any atom is -0.301 e. The Bertz CT molecular complexity index is 397. The van der Waals surface area contributed by atoms with E-state index in [0.717, 1.165) is 58.5 Å². The lowest BCUT2D eigenvalue weighted by Gasteiger charge is -2.34. The Kier molecular flexibility index (Phi) is 6.22. The molecule has 0 bridgehead atoms. The van der Waals surface area contributed by atoms with E-state index in [4.69, 9.17) is 0 Å². The van der Waals surface area contributed by atoms with E-state index in [0.29, 0.717) is 5.78 Å². The zero-order valence-corrected chi connectivity index (χ0v) is 12.6. The van der Waals surface area contributed by atoms with Gasteiger partial charge in [0.25, 0.3) is 0 Å². The van der Waals surface area contributed by atoms with Gasteiger partial charge < -0.3 is 9.69 Å². The summed E-state index contributed by atoms with van der Waals surface area (Å²) in [4.78, 5) is 15.9. The van der Waals surface area contributed by atoms with Gasteiger partial charge in [0.1, 0.15) is 5.78 Å². The minimum absolute atomic E-state index is 0.317. The van der Waals surface area contributed by atoms with Crippen molar-refractivity contribution in [2.45, 2.75) is 32.7 Å². The first-order valence-corrected chi connectivity index (χ1v) is 7.72. The number of ketones is 1. The molecule has 0 unspecified atom stereocenters. The van der Waals surface area contributed by atoms with Crippen molar-refractivity contribution in [2.24, 2.45) is 0 Å². The number of piperazine rings is 1. The number of hydrogen-bond donors (Lipinski definition) is 0. The smallest absolute Gasteiger partial charge is 0.129 e. The molecule has 110 valence electrons. The average molecular weight is 274 g/mol. The SMILES string of the molecule is CC(=O)CCCCN1CCN(Cc2ccccc2)CC1. The molecule has 0 atom stereocenters. The number of Topliss-reactive ketones (excluding diaryl/α,β-unsaturated/α-hetero) is 1. The molecule has 20 heavy (non-hydrogen) atoms. The maximum absolute atomic E-state index is 10.9. The molecule has 1 aliphatic heterocycles. The van der Waals surface area contributed by atoms with Gasteiger partial charge in [-0.25, -0.2) is 0 Å². The fraction of sp³-hybridized carbons (Fsp3) is 0.588. The minimum atomic E-state index is 0.317. The molecule has 0 aromatic heterocycles. The van der Waals surface area contributed by atoms with Crippen molar-refractivity contribution in [3.63, 3.8) is 0 Å². The summed E-state index contributed by atoms with van der Waals surface area (Å²) in [7, 11) is 0. The van der Waals surface area contributed by atoms with Gasteiger partial charge in [-0.15, -0.1) is 0 Å². The lowest BCUT2D eigenvalue weighted by Crippen LogP contribution is -2.46. The van der Waals surface area contributed by atoms with Gasteiger partial charge in [-0.2, -0.15) is 0 Å². The lowest BCUT2D eigenvalue weighted by atomic mass is 10.1. The van der Waals surface area contributed by atoms with Crippen LogP contribution in [0.25, 0.3) is 0 Å².